The molecule has 0 spiro atoms. The highest BCUT2D eigenvalue weighted by Crippen LogP contribution is 2.41. The number of piperidine rings is 1. The number of fused-ring (bicyclic) bond motifs is 1. The molecule has 7 heteroatoms. The van der Waals surface area contributed by atoms with Crippen molar-refractivity contribution in [1.29, 1.82) is 0 Å². The molecule has 1 aliphatic carbocycles. The van der Waals surface area contributed by atoms with Gasteiger partial charge in [-0.25, -0.2) is 4.98 Å². The summed E-state index contributed by atoms with van der Waals surface area (Å²) in [5.74, 6) is 2.56. The first-order valence-corrected chi connectivity index (χ1v) is 9.60. The topological polar surface area (TPSA) is 55.1 Å². The van der Waals surface area contributed by atoms with E-state index in [4.69, 9.17) is 21.0 Å². The molecule has 2 fully saturated rings. The summed E-state index contributed by atoms with van der Waals surface area (Å²) in [6, 6.07) is 5.95. The van der Waals surface area contributed by atoms with Gasteiger partial charge in [-0.2, -0.15) is 0 Å². The summed E-state index contributed by atoms with van der Waals surface area (Å²) in [5, 5.41) is 10.3. The number of aromatic nitrogens is 3. The molecule has 2 aromatic heterocycles. The lowest BCUT2D eigenvalue weighted by molar-refractivity contribution is 0.376. The van der Waals surface area contributed by atoms with Gasteiger partial charge in [0.1, 0.15) is 5.52 Å². The number of thiazole rings is 1. The van der Waals surface area contributed by atoms with Gasteiger partial charge in [0, 0.05) is 24.9 Å². The molecule has 1 saturated heterocycles. The maximum atomic E-state index is 6.24. The van der Waals surface area contributed by atoms with Crippen molar-refractivity contribution >= 4 is 38.3 Å². The van der Waals surface area contributed by atoms with Gasteiger partial charge in [0.15, 0.2) is 5.13 Å². The minimum atomic E-state index is 0.374. The van der Waals surface area contributed by atoms with Crippen molar-refractivity contribution in [2.24, 2.45) is 0 Å². The van der Waals surface area contributed by atoms with Crippen molar-refractivity contribution in [2.45, 2.75) is 37.5 Å². The number of para-hydroxylation sites is 1. The van der Waals surface area contributed by atoms with Crippen molar-refractivity contribution in [3.63, 3.8) is 0 Å². The van der Waals surface area contributed by atoms with Gasteiger partial charge < -0.3 is 9.32 Å². The van der Waals surface area contributed by atoms with Crippen molar-refractivity contribution in [2.75, 3.05) is 18.0 Å². The van der Waals surface area contributed by atoms with Crippen molar-refractivity contribution < 1.29 is 4.42 Å². The number of rotatable bonds is 3. The zero-order valence-corrected chi connectivity index (χ0v) is 14.7. The first-order valence-electron chi connectivity index (χ1n) is 8.41. The van der Waals surface area contributed by atoms with E-state index in [0.717, 1.165) is 58.1 Å². The molecule has 3 aromatic rings. The van der Waals surface area contributed by atoms with Crippen LogP contribution in [0.5, 0.6) is 0 Å². The summed E-state index contributed by atoms with van der Waals surface area (Å²) in [5.41, 5.74) is 0.910. The first kappa shape index (κ1) is 14.7. The van der Waals surface area contributed by atoms with Gasteiger partial charge in [-0.3, -0.25) is 0 Å². The van der Waals surface area contributed by atoms with Gasteiger partial charge in [-0.1, -0.05) is 29.0 Å². The van der Waals surface area contributed by atoms with Crippen molar-refractivity contribution in [3.05, 3.63) is 35.0 Å². The highest BCUT2D eigenvalue weighted by atomic mass is 35.5. The van der Waals surface area contributed by atoms with Crippen molar-refractivity contribution in [3.8, 4) is 0 Å². The zero-order valence-electron chi connectivity index (χ0n) is 13.1. The number of halogens is 1. The third-order valence-electron chi connectivity index (χ3n) is 4.86. The Balaban J connectivity index is 1.30. The molecule has 24 heavy (non-hydrogen) atoms. The Morgan fingerprint density at radius 2 is 1.75 bits per heavy atom. The Morgan fingerprint density at radius 1 is 1.04 bits per heavy atom. The molecule has 124 valence electrons. The Kier molecular flexibility index (Phi) is 3.49. The molecule has 3 heterocycles. The Morgan fingerprint density at radius 3 is 2.42 bits per heavy atom. The predicted octanol–water partition coefficient (Wildman–Crippen LogP) is 4.59. The number of hydrogen-bond donors (Lipinski definition) is 0. The largest absolute Gasteiger partial charge is 0.425 e. The number of nitrogens with zero attached hydrogens (tertiary/aromatic N) is 4. The van der Waals surface area contributed by atoms with Crippen molar-refractivity contribution in [1.82, 2.24) is 15.2 Å². The molecule has 0 radical (unpaired) electrons. The van der Waals surface area contributed by atoms with Gasteiger partial charge >= 0.3 is 0 Å². The van der Waals surface area contributed by atoms with Crippen LogP contribution in [0.2, 0.25) is 5.02 Å². The summed E-state index contributed by atoms with van der Waals surface area (Å²) in [4.78, 5) is 7.07. The standard InChI is InChI=1S/C17H17ClN4OS/c18-12-2-1-3-13-14(12)19-17(24-13)22-8-6-11(7-9-22)16-21-20-15(23-16)10-4-5-10/h1-3,10-11H,4-9H2. The number of anilines is 1. The molecule has 0 bridgehead atoms. The first-order chi connectivity index (χ1) is 11.8. The summed E-state index contributed by atoms with van der Waals surface area (Å²) in [6.45, 7) is 1.92. The summed E-state index contributed by atoms with van der Waals surface area (Å²) >= 11 is 7.95. The zero-order chi connectivity index (χ0) is 16.1. The van der Waals surface area contributed by atoms with Gasteiger partial charge in [0.05, 0.1) is 9.72 Å². The third kappa shape index (κ3) is 2.58. The van der Waals surface area contributed by atoms with E-state index in [-0.39, 0.29) is 0 Å². The SMILES string of the molecule is Clc1cccc2sc(N3CCC(c4nnc(C5CC5)o4)CC3)nc12. The Hall–Kier alpha value is -1.66. The molecule has 5 nitrogen and oxygen atoms in total. The van der Waals surface area contributed by atoms with E-state index < -0.39 is 0 Å². The van der Waals surface area contributed by atoms with Crippen LogP contribution >= 0.6 is 22.9 Å². The molecule has 0 N–H and O–H groups in total. The van der Waals surface area contributed by atoms with Gasteiger partial charge in [-0.15, -0.1) is 10.2 Å². The second-order valence-electron chi connectivity index (χ2n) is 6.60. The molecule has 0 atom stereocenters. The van der Waals surface area contributed by atoms with Crippen LogP contribution in [0.4, 0.5) is 5.13 Å². The minimum absolute atomic E-state index is 0.374. The van der Waals surface area contributed by atoms with E-state index in [0.29, 0.717) is 11.8 Å². The van der Waals surface area contributed by atoms with Crippen LogP contribution in [-0.4, -0.2) is 28.3 Å². The fraction of sp³-hybridized carbons (Fsp3) is 0.471. The summed E-state index contributed by atoms with van der Waals surface area (Å²) in [7, 11) is 0. The smallest absolute Gasteiger partial charge is 0.219 e. The highest BCUT2D eigenvalue weighted by Gasteiger charge is 2.32. The lowest BCUT2D eigenvalue weighted by Crippen LogP contribution is -2.32. The molecular weight excluding hydrogens is 344 g/mol. The fourth-order valence-electron chi connectivity index (χ4n) is 3.26. The normalized spacial score (nSPS) is 19.3. The van der Waals surface area contributed by atoms with E-state index in [9.17, 15) is 0 Å². The van der Waals surface area contributed by atoms with E-state index in [1.165, 1.54) is 12.8 Å². The Labute approximate surface area is 148 Å². The van der Waals surface area contributed by atoms with Crippen LogP contribution in [0.25, 0.3) is 10.2 Å². The van der Waals surface area contributed by atoms with Gasteiger partial charge in [0.2, 0.25) is 11.8 Å². The van der Waals surface area contributed by atoms with Crippen LogP contribution in [0.15, 0.2) is 22.6 Å². The summed E-state index contributed by atoms with van der Waals surface area (Å²) < 4.78 is 7.02. The Bertz CT molecular complexity index is 880. The van der Waals surface area contributed by atoms with Crippen LogP contribution in [0.3, 0.4) is 0 Å². The van der Waals surface area contributed by atoms with E-state index >= 15 is 0 Å². The molecule has 1 aliphatic heterocycles. The number of benzene rings is 1. The molecular formula is C17H17ClN4OS. The second kappa shape index (κ2) is 5.70. The molecule has 1 saturated carbocycles. The van der Waals surface area contributed by atoms with Crippen LogP contribution in [0, 0.1) is 0 Å². The van der Waals surface area contributed by atoms with E-state index in [1.807, 2.05) is 12.1 Å². The monoisotopic (exact) mass is 360 g/mol. The van der Waals surface area contributed by atoms with Crippen LogP contribution in [-0.2, 0) is 0 Å². The van der Waals surface area contributed by atoms with Gasteiger partial charge in [0.25, 0.3) is 0 Å². The predicted molar refractivity (Wildman–Crippen MR) is 95.1 cm³/mol. The lowest BCUT2D eigenvalue weighted by atomic mass is 9.97. The van der Waals surface area contributed by atoms with Crippen LogP contribution < -0.4 is 4.90 Å². The number of hydrogen-bond acceptors (Lipinski definition) is 6. The molecule has 0 amide bonds. The van der Waals surface area contributed by atoms with E-state index in [1.54, 1.807) is 11.3 Å². The van der Waals surface area contributed by atoms with E-state index in [2.05, 4.69) is 21.2 Å². The van der Waals surface area contributed by atoms with Gasteiger partial charge in [-0.05, 0) is 37.8 Å². The molecule has 5 rings (SSSR count). The average molecular weight is 361 g/mol. The maximum Gasteiger partial charge on any atom is 0.219 e. The summed E-state index contributed by atoms with van der Waals surface area (Å²) in [6.07, 6.45) is 4.44. The molecule has 0 unspecified atom stereocenters. The third-order valence-corrected chi connectivity index (χ3v) is 6.24. The van der Waals surface area contributed by atoms with Crippen LogP contribution in [0.1, 0.15) is 49.3 Å². The quantitative estimate of drug-likeness (QED) is 0.683. The molecule has 2 aliphatic rings. The average Bonchev–Trinajstić information content (AvgIpc) is 3.17. The highest BCUT2D eigenvalue weighted by molar-refractivity contribution is 7.22. The fourth-order valence-corrected chi connectivity index (χ4v) is 4.58. The minimum Gasteiger partial charge on any atom is -0.425 e. The lowest BCUT2D eigenvalue weighted by Gasteiger charge is -2.30. The second-order valence-corrected chi connectivity index (χ2v) is 8.01. The molecule has 1 aromatic carbocycles. The maximum absolute atomic E-state index is 6.24.